The van der Waals surface area contributed by atoms with Gasteiger partial charge in [0.1, 0.15) is 11.6 Å². The molecule has 0 spiro atoms. The summed E-state index contributed by atoms with van der Waals surface area (Å²) in [7, 11) is 3.16. The minimum absolute atomic E-state index is 0.218. The fraction of sp³-hybridized carbons (Fsp3) is 0.136. The number of aryl methyl sites for hydroxylation is 1. The first-order valence-electron chi connectivity index (χ1n) is 9.30. The molecule has 0 saturated heterocycles. The van der Waals surface area contributed by atoms with Crippen molar-refractivity contribution in [3.63, 3.8) is 0 Å². The normalized spacial score (nSPS) is 10.7. The maximum absolute atomic E-state index is 13.5. The molecule has 0 aliphatic carbocycles. The SMILES string of the molecule is COc1ccc(-c2csc(-n3nc(C)cc3NC(=O)c3cccc(F)c3)n2)cc1OC. The Hall–Kier alpha value is -3.72. The van der Waals surface area contributed by atoms with Crippen LogP contribution in [-0.4, -0.2) is 34.9 Å². The topological polar surface area (TPSA) is 78.3 Å². The van der Waals surface area contributed by atoms with Crippen molar-refractivity contribution in [2.75, 3.05) is 19.5 Å². The molecule has 0 bridgehead atoms. The van der Waals surface area contributed by atoms with Gasteiger partial charge in [0, 0.05) is 22.6 Å². The van der Waals surface area contributed by atoms with Gasteiger partial charge in [-0.15, -0.1) is 11.3 Å². The van der Waals surface area contributed by atoms with E-state index in [-0.39, 0.29) is 5.56 Å². The highest BCUT2D eigenvalue weighted by atomic mass is 32.1. The fourth-order valence-corrected chi connectivity index (χ4v) is 3.84. The summed E-state index contributed by atoms with van der Waals surface area (Å²) in [5, 5.41) is 9.70. The van der Waals surface area contributed by atoms with E-state index in [4.69, 9.17) is 9.47 Å². The third-order valence-corrected chi connectivity index (χ3v) is 5.33. The number of ether oxygens (including phenoxy) is 2. The molecule has 7 nitrogen and oxygen atoms in total. The van der Waals surface area contributed by atoms with Gasteiger partial charge in [-0.1, -0.05) is 6.07 Å². The standard InChI is InChI=1S/C22H19FN4O3S/c1-13-9-20(25-21(28)15-5-4-6-16(23)10-15)27(26-13)22-24-17(12-31-22)14-7-8-18(29-2)19(11-14)30-3/h4-12H,1-3H3,(H,25,28). The predicted molar refractivity (Wildman–Crippen MR) is 117 cm³/mol. The van der Waals surface area contributed by atoms with Crippen LogP contribution in [0.2, 0.25) is 0 Å². The number of anilines is 1. The summed E-state index contributed by atoms with van der Waals surface area (Å²) in [5.41, 5.74) is 2.51. The number of carbonyl (C=O) groups excluding carboxylic acids is 1. The zero-order valence-corrected chi connectivity index (χ0v) is 17.9. The van der Waals surface area contributed by atoms with Gasteiger partial charge >= 0.3 is 0 Å². The van der Waals surface area contributed by atoms with E-state index in [1.54, 1.807) is 31.0 Å². The Morgan fingerprint density at radius 1 is 1.10 bits per heavy atom. The van der Waals surface area contributed by atoms with Crippen molar-refractivity contribution in [2.45, 2.75) is 6.92 Å². The maximum Gasteiger partial charge on any atom is 0.256 e. The smallest absolute Gasteiger partial charge is 0.256 e. The number of nitrogens with one attached hydrogen (secondary N) is 1. The average Bonchev–Trinajstić information content (AvgIpc) is 3.39. The number of nitrogens with zero attached hydrogens (tertiary/aromatic N) is 3. The summed E-state index contributed by atoms with van der Waals surface area (Å²) in [5.74, 6) is 0.772. The van der Waals surface area contributed by atoms with Crippen LogP contribution in [-0.2, 0) is 0 Å². The molecule has 2 heterocycles. The lowest BCUT2D eigenvalue weighted by molar-refractivity contribution is 0.102. The number of rotatable bonds is 6. The molecular formula is C22H19FN4O3S. The van der Waals surface area contributed by atoms with Gasteiger partial charge in [-0.3, -0.25) is 4.79 Å². The van der Waals surface area contributed by atoms with Crippen molar-refractivity contribution in [3.8, 4) is 27.9 Å². The van der Waals surface area contributed by atoms with E-state index in [2.05, 4.69) is 15.4 Å². The van der Waals surface area contributed by atoms with Gasteiger partial charge in [0.25, 0.3) is 5.91 Å². The van der Waals surface area contributed by atoms with E-state index < -0.39 is 11.7 Å². The maximum atomic E-state index is 13.5. The molecular weight excluding hydrogens is 419 g/mol. The predicted octanol–water partition coefficient (Wildman–Crippen LogP) is 4.71. The third-order valence-electron chi connectivity index (χ3n) is 4.51. The van der Waals surface area contributed by atoms with Gasteiger partial charge in [0.05, 0.1) is 25.6 Å². The van der Waals surface area contributed by atoms with Crippen molar-refractivity contribution in [1.82, 2.24) is 14.8 Å². The van der Waals surface area contributed by atoms with E-state index in [1.807, 2.05) is 30.5 Å². The lowest BCUT2D eigenvalue weighted by atomic mass is 10.1. The van der Waals surface area contributed by atoms with Crippen LogP contribution in [0.25, 0.3) is 16.4 Å². The van der Waals surface area contributed by atoms with Crippen LogP contribution >= 0.6 is 11.3 Å². The van der Waals surface area contributed by atoms with Gasteiger partial charge in [-0.05, 0) is 43.3 Å². The first kappa shape index (κ1) is 20.5. The summed E-state index contributed by atoms with van der Waals surface area (Å²) in [4.78, 5) is 17.2. The van der Waals surface area contributed by atoms with Crippen LogP contribution in [0.4, 0.5) is 10.2 Å². The number of hydrogen-bond acceptors (Lipinski definition) is 6. The molecule has 1 amide bonds. The van der Waals surface area contributed by atoms with Crippen LogP contribution in [0, 0.1) is 12.7 Å². The molecule has 158 valence electrons. The molecule has 0 aliphatic heterocycles. The lowest BCUT2D eigenvalue weighted by Gasteiger charge is -2.08. The summed E-state index contributed by atoms with van der Waals surface area (Å²) in [6.07, 6.45) is 0. The average molecular weight is 438 g/mol. The van der Waals surface area contributed by atoms with Crippen LogP contribution < -0.4 is 14.8 Å². The molecule has 4 aromatic rings. The Balaban J connectivity index is 1.63. The number of halogens is 1. The first-order valence-corrected chi connectivity index (χ1v) is 10.2. The molecule has 0 saturated carbocycles. The largest absolute Gasteiger partial charge is 0.493 e. The molecule has 31 heavy (non-hydrogen) atoms. The summed E-state index contributed by atoms with van der Waals surface area (Å²) in [6, 6.07) is 12.8. The van der Waals surface area contributed by atoms with Crippen LogP contribution in [0.5, 0.6) is 11.5 Å². The lowest BCUT2D eigenvalue weighted by Crippen LogP contribution is -2.15. The Morgan fingerprint density at radius 2 is 1.90 bits per heavy atom. The van der Waals surface area contributed by atoms with Crippen molar-refractivity contribution in [2.24, 2.45) is 0 Å². The highest BCUT2D eigenvalue weighted by Crippen LogP contribution is 2.33. The summed E-state index contributed by atoms with van der Waals surface area (Å²) >= 11 is 1.38. The number of methoxy groups -OCH3 is 2. The Labute approximate surface area is 182 Å². The molecule has 0 fully saturated rings. The van der Waals surface area contributed by atoms with Gasteiger partial charge in [0.2, 0.25) is 5.13 Å². The van der Waals surface area contributed by atoms with Crippen LogP contribution in [0.3, 0.4) is 0 Å². The second-order valence-electron chi connectivity index (χ2n) is 6.63. The third kappa shape index (κ3) is 4.26. The van der Waals surface area contributed by atoms with Gasteiger partial charge in [-0.2, -0.15) is 9.78 Å². The van der Waals surface area contributed by atoms with Crippen molar-refractivity contribution < 1.29 is 18.7 Å². The highest BCUT2D eigenvalue weighted by Gasteiger charge is 2.16. The van der Waals surface area contributed by atoms with Crippen LogP contribution in [0.1, 0.15) is 16.1 Å². The fourth-order valence-electron chi connectivity index (χ4n) is 3.04. The van der Waals surface area contributed by atoms with E-state index in [1.165, 1.54) is 29.5 Å². The Morgan fingerprint density at radius 3 is 2.65 bits per heavy atom. The first-order chi connectivity index (χ1) is 15.0. The summed E-state index contributed by atoms with van der Waals surface area (Å²) < 4.78 is 25.7. The number of benzene rings is 2. The van der Waals surface area contributed by atoms with Crippen molar-refractivity contribution >= 4 is 23.1 Å². The zero-order chi connectivity index (χ0) is 22.0. The quantitative estimate of drug-likeness (QED) is 0.472. The summed E-state index contributed by atoms with van der Waals surface area (Å²) in [6.45, 7) is 1.82. The van der Waals surface area contributed by atoms with Crippen LogP contribution in [0.15, 0.2) is 53.9 Å². The van der Waals surface area contributed by atoms with E-state index in [0.29, 0.717) is 28.1 Å². The molecule has 2 aromatic carbocycles. The van der Waals surface area contributed by atoms with E-state index in [0.717, 1.165) is 11.3 Å². The Kier molecular flexibility index (Phi) is 5.68. The van der Waals surface area contributed by atoms with Crippen molar-refractivity contribution in [3.05, 3.63) is 71.0 Å². The minimum atomic E-state index is -0.475. The molecule has 1 N–H and O–H groups in total. The second kappa shape index (κ2) is 8.57. The number of carbonyl (C=O) groups is 1. The monoisotopic (exact) mass is 438 g/mol. The molecule has 0 atom stereocenters. The zero-order valence-electron chi connectivity index (χ0n) is 17.0. The Bertz CT molecular complexity index is 1250. The van der Waals surface area contributed by atoms with Gasteiger partial charge in [-0.25, -0.2) is 9.37 Å². The number of thiazole rings is 1. The molecule has 4 rings (SSSR count). The molecule has 0 unspecified atom stereocenters. The number of aromatic nitrogens is 3. The van der Waals surface area contributed by atoms with Gasteiger partial charge in [0.15, 0.2) is 11.5 Å². The molecule has 2 aromatic heterocycles. The van der Waals surface area contributed by atoms with E-state index in [9.17, 15) is 9.18 Å². The van der Waals surface area contributed by atoms with Gasteiger partial charge < -0.3 is 14.8 Å². The van der Waals surface area contributed by atoms with Crippen molar-refractivity contribution in [1.29, 1.82) is 0 Å². The molecule has 0 radical (unpaired) electrons. The highest BCUT2D eigenvalue weighted by molar-refractivity contribution is 7.12. The number of amides is 1. The van der Waals surface area contributed by atoms with E-state index >= 15 is 0 Å². The molecule has 9 heteroatoms. The minimum Gasteiger partial charge on any atom is -0.493 e. The second-order valence-corrected chi connectivity index (χ2v) is 7.47. The molecule has 0 aliphatic rings. The number of hydrogen-bond donors (Lipinski definition) is 1.